The highest BCUT2D eigenvalue weighted by Crippen LogP contribution is 2.13. The van der Waals surface area contributed by atoms with Crippen LogP contribution in [0.3, 0.4) is 0 Å². The van der Waals surface area contributed by atoms with Crippen LogP contribution in [0.4, 0.5) is 5.69 Å². The van der Waals surface area contributed by atoms with Crippen molar-refractivity contribution in [2.75, 3.05) is 19.0 Å². The van der Waals surface area contributed by atoms with E-state index >= 15 is 0 Å². The number of nitrogens with zero attached hydrogens (tertiary/aromatic N) is 1. The van der Waals surface area contributed by atoms with Crippen molar-refractivity contribution in [2.24, 2.45) is 0 Å². The number of carbonyl (C=O) groups excluding carboxylic acids is 1. The van der Waals surface area contributed by atoms with E-state index in [0.717, 1.165) is 16.8 Å². The first kappa shape index (κ1) is 15.8. The highest BCUT2D eigenvalue weighted by atomic mass is 16.1. The second-order valence-corrected chi connectivity index (χ2v) is 5.47. The van der Waals surface area contributed by atoms with Gasteiger partial charge in [0.05, 0.1) is 0 Å². The van der Waals surface area contributed by atoms with E-state index in [0.29, 0.717) is 0 Å². The van der Waals surface area contributed by atoms with Gasteiger partial charge in [-0.1, -0.05) is 54.1 Å². The van der Waals surface area contributed by atoms with Crippen LogP contribution in [0.2, 0.25) is 0 Å². The van der Waals surface area contributed by atoms with E-state index in [2.05, 4.69) is 0 Å². The van der Waals surface area contributed by atoms with Crippen LogP contribution in [0, 0.1) is 6.92 Å². The Morgan fingerprint density at radius 3 is 1.73 bits per heavy atom. The van der Waals surface area contributed by atoms with Gasteiger partial charge in [-0.25, -0.2) is 0 Å². The van der Waals surface area contributed by atoms with Crippen molar-refractivity contribution in [2.45, 2.75) is 6.92 Å². The molecule has 0 spiro atoms. The number of rotatable bonds is 5. The lowest BCUT2D eigenvalue weighted by Gasteiger charge is -2.11. The Labute approximate surface area is 132 Å². The summed E-state index contributed by atoms with van der Waals surface area (Å²) in [5, 5.41) is 0. The Morgan fingerprint density at radius 2 is 1.27 bits per heavy atom. The van der Waals surface area contributed by atoms with Crippen molar-refractivity contribution in [1.29, 1.82) is 0 Å². The molecular formula is C20H21NO. The molecule has 0 radical (unpaired) electrons. The minimum atomic E-state index is -0.0164. The van der Waals surface area contributed by atoms with Crippen LogP contribution in [0.1, 0.15) is 16.7 Å². The molecule has 22 heavy (non-hydrogen) atoms. The fourth-order valence-corrected chi connectivity index (χ4v) is 1.97. The SMILES string of the molecule is Cc1ccc(/C=C\C(=O)/C=C/c2ccc(N(C)C)cc2)cc1. The zero-order valence-corrected chi connectivity index (χ0v) is 13.3. The van der Waals surface area contributed by atoms with Crippen molar-refractivity contribution >= 4 is 23.6 Å². The molecule has 2 heteroatoms. The summed E-state index contributed by atoms with van der Waals surface area (Å²) in [6.45, 7) is 2.04. The summed E-state index contributed by atoms with van der Waals surface area (Å²) < 4.78 is 0. The van der Waals surface area contributed by atoms with Crippen molar-refractivity contribution in [3.63, 3.8) is 0 Å². The van der Waals surface area contributed by atoms with Crippen molar-refractivity contribution in [3.8, 4) is 0 Å². The van der Waals surface area contributed by atoms with E-state index in [1.54, 1.807) is 12.2 Å². The van der Waals surface area contributed by atoms with Gasteiger partial charge in [-0.3, -0.25) is 4.79 Å². The second kappa shape index (κ2) is 7.41. The molecule has 0 aliphatic heterocycles. The van der Waals surface area contributed by atoms with Gasteiger partial charge in [0, 0.05) is 19.8 Å². The van der Waals surface area contributed by atoms with Gasteiger partial charge < -0.3 is 4.90 Å². The van der Waals surface area contributed by atoms with Crippen LogP contribution in [0.5, 0.6) is 0 Å². The number of hydrogen-bond donors (Lipinski definition) is 0. The van der Waals surface area contributed by atoms with Gasteiger partial charge in [-0.2, -0.15) is 0 Å². The maximum absolute atomic E-state index is 11.8. The Hall–Kier alpha value is -2.61. The van der Waals surface area contributed by atoms with Gasteiger partial charge >= 0.3 is 0 Å². The summed E-state index contributed by atoms with van der Waals surface area (Å²) in [4.78, 5) is 13.9. The van der Waals surface area contributed by atoms with E-state index in [9.17, 15) is 4.79 Å². The molecule has 0 bridgehead atoms. The average molecular weight is 291 g/mol. The normalized spacial score (nSPS) is 11.2. The third-order valence-corrected chi connectivity index (χ3v) is 3.37. The Balaban J connectivity index is 1.97. The van der Waals surface area contributed by atoms with Crippen LogP contribution in [0.25, 0.3) is 12.2 Å². The summed E-state index contributed by atoms with van der Waals surface area (Å²) in [6, 6.07) is 16.1. The first-order valence-corrected chi connectivity index (χ1v) is 7.29. The number of aryl methyl sites for hydroxylation is 1. The minimum Gasteiger partial charge on any atom is -0.378 e. The molecule has 2 nitrogen and oxygen atoms in total. The molecule has 0 N–H and O–H groups in total. The van der Waals surface area contributed by atoms with E-state index in [4.69, 9.17) is 0 Å². The average Bonchev–Trinajstić information content (AvgIpc) is 2.52. The van der Waals surface area contributed by atoms with Gasteiger partial charge in [0.1, 0.15) is 0 Å². The van der Waals surface area contributed by atoms with Crippen LogP contribution in [0.15, 0.2) is 60.7 Å². The number of ketones is 1. The van der Waals surface area contributed by atoms with E-state index < -0.39 is 0 Å². The molecule has 0 aliphatic carbocycles. The fraction of sp³-hybridized carbons (Fsp3) is 0.150. The van der Waals surface area contributed by atoms with Gasteiger partial charge in [-0.05, 0) is 42.3 Å². The van der Waals surface area contributed by atoms with Gasteiger partial charge in [-0.15, -0.1) is 0 Å². The van der Waals surface area contributed by atoms with Crippen molar-refractivity contribution in [3.05, 3.63) is 77.4 Å². The maximum atomic E-state index is 11.8. The lowest BCUT2D eigenvalue weighted by Crippen LogP contribution is -2.07. The number of carbonyl (C=O) groups is 1. The molecule has 0 fully saturated rings. The monoisotopic (exact) mass is 291 g/mol. The van der Waals surface area contributed by atoms with Crippen molar-refractivity contribution < 1.29 is 4.79 Å². The largest absolute Gasteiger partial charge is 0.378 e. The smallest absolute Gasteiger partial charge is 0.178 e. The first-order valence-electron chi connectivity index (χ1n) is 7.29. The number of hydrogen-bond acceptors (Lipinski definition) is 2. The quantitative estimate of drug-likeness (QED) is 0.763. The Kier molecular flexibility index (Phi) is 5.31. The molecule has 2 rings (SSSR count). The van der Waals surface area contributed by atoms with E-state index in [1.807, 2.05) is 86.6 Å². The molecule has 0 unspecified atom stereocenters. The molecule has 0 atom stereocenters. The van der Waals surface area contributed by atoms with Gasteiger partial charge in [0.25, 0.3) is 0 Å². The third-order valence-electron chi connectivity index (χ3n) is 3.37. The molecular weight excluding hydrogens is 270 g/mol. The molecule has 112 valence electrons. The standard InChI is InChI=1S/C20H21NO/c1-16-4-6-17(7-5-16)10-14-20(22)15-11-18-8-12-19(13-9-18)21(2)3/h4-15H,1-3H3/b14-10-,15-11+. The lowest BCUT2D eigenvalue weighted by atomic mass is 10.1. The van der Waals surface area contributed by atoms with E-state index in [-0.39, 0.29) is 5.78 Å². The predicted molar refractivity (Wildman–Crippen MR) is 95.0 cm³/mol. The first-order chi connectivity index (χ1) is 10.5. The molecule has 0 saturated carbocycles. The summed E-state index contributed by atoms with van der Waals surface area (Å²) in [6.07, 6.45) is 6.85. The van der Waals surface area contributed by atoms with Crippen LogP contribution in [-0.2, 0) is 4.79 Å². The molecule has 0 heterocycles. The zero-order chi connectivity index (χ0) is 15.9. The van der Waals surface area contributed by atoms with Gasteiger partial charge in [0.15, 0.2) is 5.78 Å². The molecule has 0 aromatic heterocycles. The second-order valence-electron chi connectivity index (χ2n) is 5.47. The topological polar surface area (TPSA) is 20.3 Å². The predicted octanol–water partition coefficient (Wildman–Crippen LogP) is 4.36. The Morgan fingerprint density at radius 1 is 0.818 bits per heavy atom. The summed E-state index contributed by atoms with van der Waals surface area (Å²) in [5.41, 5.74) is 4.40. The number of benzene rings is 2. The van der Waals surface area contributed by atoms with E-state index in [1.165, 1.54) is 5.56 Å². The molecule has 2 aromatic carbocycles. The number of anilines is 1. The molecule has 0 amide bonds. The summed E-state index contributed by atoms with van der Waals surface area (Å²) in [5.74, 6) is -0.0164. The number of allylic oxidation sites excluding steroid dienone is 2. The Bertz CT molecular complexity index is 677. The van der Waals surface area contributed by atoms with Gasteiger partial charge in [0.2, 0.25) is 0 Å². The third kappa shape index (κ3) is 4.74. The maximum Gasteiger partial charge on any atom is 0.178 e. The van der Waals surface area contributed by atoms with Crippen molar-refractivity contribution in [1.82, 2.24) is 0 Å². The lowest BCUT2D eigenvalue weighted by molar-refractivity contribution is -0.110. The van der Waals surface area contributed by atoms with Crippen LogP contribution < -0.4 is 4.90 Å². The van der Waals surface area contributed by atoms with Crippen LogP contribution >= 0.6 is 0 Å². The van der Waals surface area contributed by atoms with Crippen LogP contribution in [-0.4, -0.2) is 19.9 Å². The molecule has 2 aromatic rings. The highest BCUT2D eigenvalue weighted by Gasteiger charge is 1.95. The summed E-state index contributed by atoms with van der Waals surface area (Å²) in [7, 11) is 4.01. The minimum absolute atomic E-state index is 0.0164. The fourth-order valence-electron chi connectivity index (χ4n) is 1.97. The highest BCUT2D eigenvalue weighted by molar-refractivity contribution is 6.04. The zero-order valence-electron chi connectivity index (χ0n) is 13.3. The summed E-state index contributed by atoms with van der Waals surface area (Å²) >= 11 is 0. The molecule has 0 saturated heterocycles. The molecule has 0 aliphatic rings.